The number of nitriles is 1. The van der Waals surface area contributed by atoms with Crippen LogP contribution < -0.4 is 15.4 Å². The molecular formula is C18H16ClN3O2. The topological polar surface area (TPSA) is 74.1 Å². The first-order chi connectivity index (χ1) is 11.5. The number of nitrogens with zero attached hydrogens (tertiary/aromatic N) is 1. The molecule has 0 saturated carbocycles. The zero-order valence-electron chi connectivity index (χ0n) is 13.3. The van der Waals surface area contributed by atoms with Crippen molar-refractivity contribution in [3.05, 3.63) is 64.8 Å². The Kier molecular flexibility index (Phi) is 5.83. The molecule has 0 aliphatic rings. The van der Waals surface area contributed by atoms with E-state index < -0.39 is 5.91 Å². The highest BCUT2D eigenvalue weighted by atomic mass is 35.5. The van der Waals surface area contributed by atoms with E-state index in [4.69, 9.17) is 16.3 Å². The maximum Gasteiger partial charge on any atom is 0.267 e. The number of anilines is 2. The normalized spacial score (nSPS) is 10.7. The van der Waals surface area contributed by atoms with Gasteiger partial charge >= 0.3 is 0 Å². The van der Waals surface area contributed by atoms with Crippen LogP contribution in [-0.2, 0) is 4.79 Å². The molecule has 2 rings (SSSR count). The minimum absolute atomic E-state index is 0.0708. The van der Waals surface area contributed by atoms with Gasteiger partial charge in [-0.3, -0.25) is 4.79 Å². The molecule has 24 heavy (non-hydrogen) atoms. The van der Waals surface area contributed by atoms with Crippen LogP contribution in [0.3, 0.4) is 0 Å². The van der Waals surface area contributed by atoms with Crippen molar-refractivity contribution < 1.29 is 9.53 Å². The van der Waals surface area contributed by atoms with E-state index in [1.807, 2.05) is 31.2 Å². The average molecular weight is 342 g/mol. The Morgan fingerprint density at radius 1 is 1.29 bits per heavy atom. The van der Waals surface area contributed by atoms with E-state index in [0.29, 0.717) is 22.1 Å². The van der Waals surface area contributed by atoms with Gasteiger partial charge in [-0.05, 0) is 42.8 Å². The van der Waals surface area contributed by atoms with Gasteiger partial charge in [-0.15, -0.1) is 0 Å². The second-order valence-electron chi connectivity index (χ2n) is 4.98. The number of aryl methyl sites for hydroxylation is 1. The summed E-state index contributed by atoms with van der Waals surface area (Å²) in [5, 5.41) is 15.3. The van der Waals surface area contributed by atoms with Crippen LogP contribution in [-0.4, -0.2) is 13.0 Å². The Hall–Kier alpha value is -2.97. The van der Waals surface area contributed by atoms with Gasteiger partial charge in [0.05, 0.1) is 12.8 Å². The van der Waals surface area contributed by atoms with Gasteiger partial charge in [-0.2, -0.15) is 5.26 Å². The summed E-state index contributed by atoms with van der Waals surface area (Å²) in [6.07, 6.45) is 1.32. The lowest BCUT2D eigenvalue weighted by Crippen LogP contribution is -2.14. The van der Waals surface area contributed by atoms with Crippen molar-refractivity contribution in [3.8, 4) is 11.8 Å². The fourth-order valence-corrected chi connectivity index (χ4v) is 2.18. The standard InChI is InChI=1S/C18H16ClN3O2/c1-12-4-3-5-15(8-12)22-18(23)13(10-20)11-21-16-9-14(19)6-7-17(16)24-2/h3-9,11,21H,1-2H3,(H,22,23)/b13-11-. The first kappa shape index (κ1) is 17.4. The Balaban J connectivity index is 2.16. The van der Waals surface area contributed by atoms with Crippen LogP contribution in [0.5, 0.6) is 5.75 Å². The fourth-order valence-electron chi connectivity index (χ4n) is 2.01. The molecule has 2 N–H and O–H groups in total. The Morgan fingerprint density at radius 2 is 2.08 bits per heavy atom. The number of amides is 1. The van der Waals surface area contributed by atoms with Crippen molar-refractivity contribution in [1.29, 1.82) is 5.26 Å². The molecule has 0 unspecified atom stereocenters. The van der Waals surface area contributed by atoms with Crippen LogP contribution >= 0.6 is 11.6 Å². The van der Waals surface area contributed by atoms with Gasteiger partial charge < -0.3 is 15.4 Å². The molecule has 2 aromatic carbocycles. The van der Waals surface area contributed by atoms with Gasteiger partial charge in [0.25, 0.3) is 5.91 Å². The molecule has 0 aromatic heterocycles. The van der Waals surface area contributed by atoms with Crippen molar-refractivity contribution in [1.82, 2.24) is 0 Å². The lowest BCUT2D eigenvalue weighted by molar-refractivity contribution is -0.112. The summed E-state index contributed by atoms with van der Waals surface area (Å²) in [6, 6.07) is 14.2. The molecule has 0 saturated heterocycles. The molecule has 2 aromatic rings. The van der Waals surface area contributed by atoms with Gasteiger partial charge in [-0.25, -0.2) is 0 Å². The van der Waals surface area contributed by atoms with Crippen molar-refractivity contribution in [2.24, 2.45) is 0 Å². The molecule has 0 atom stereocenters. The predicted molar refractivity (Wildman–Crippen MR) is 95.1 cm³/mol. The Bertz CT molecular complexity index is 825. The quantitative estimate of drug-likeness (QED) is 0.634. The average Bonchev–Trinajstić information content (AvgIpc) is 2.55. The zero-order valence-corrected chi connectivity index (χ0v) is 14.0. The molecule has 0 fully saturated rings. The van der Waals surface area contributed by atoms with E-state index in [9.17, 15) is 10.1 Å². The summed E-state index contributed by atoms with van der Waals surface area (Å²) in [7, 11) is 1.52. The first-order valence-corrected chi connectivity index (χ1v) is 7.49. The maximum absolute atomic E-state index is 12.2. The lowest BCUT2D eigenvalue weighted by atomic mass is 10.2. The van der Waals surface area contributed by atoms with Gasteiger partial charge in [0, 0.05) is 16.9 Å². The van der Waals surface area contributed by atoms with Gasteiger partial charge in [0.1, 0.15) is 17.4 Å². The van der Waals surface area contributed by atoms with Crippen molar-refractivity contribution in [3.63, 3.8) is 0 Å². The lowest BCUT2D eigenvalue weighted by Gasteiger charge is -2.09. The van der Waals surface area contributed by atoms with E-state index in [1.165, 1.54) is 13.3 Å². The second kappa shape index (κ2) is 8.04. The predicted octanol–water partition coefficient (Wildman–Crippen LogP) is 4.12. The number of hydrogen-bond acceptors (Lipinski definition) is 4. The van der Waals surface area contributed by atoms with E-state index in [2.05, 4.69) is 10.6 Å². The van der Waals surface area contributed by atoms with Gasteiger partial charge in [0.15, 0.2) is 0 Å². The smallest absolute Gasteiger partial charge is 0.267 e. The molecule has 6 heteroatoms. The summed E-state index contributed by atoms with van der Waals surface area (Å²) in [6.45, 7) is 1.92. The van der Waals surface area contributed by atoms with Crippen LogP contribution in [0.4, 0.5) is 11.4 Å². The highest BCUT2D eigenvalue weighted by Gasteiger charge is 2.10. The van der Waals surface area contributed by atoms with Crippen molar-refractivity contribution >= 4 is 28.9 Å². The zero-order chi connectivity index (χ0) is 17.5. The van der Waals surface area contributed by atoms with Crippen LogP contribution in [0.2, 0.25) is 5.02 Å². The van der Waals surface area contributed by atoms with E-state index in [-0.39, 0.29) is 5.57 Å². The molecule has 0 bridgehead atoms. The number of methoxy groups -OCH3 is 1. The summed E-state index contributed by atoms with van der Waals surface area (Å²) in [5.41, 5.74) is 2.12. The van der Waals surface area contributed by atoms with Crippen LogP contribution in [0.1, 0.15) is 5.56 Å². The number of hydrogen-bond donors (Lipinski definition) is 2. The largest absolute Gasteiger partial charge is 0.495 e. The number of rotatable bonds is 5. The molecule has 1 amide bonds. The van der Waals surface area contributed by atoms with Crippen LogP contribution in [0.15, 0.2) is 54.2 Å². The maximum atomic E-state index is 12.2. The molecule has 0 radical (unpaired) electrons. The van der Waals surface area contributed by atoms with Gasteiger partial charge in [-0.1, -0.05) is 23.7 Å². The summed E-state index contributed by atoms with van der Waals surface area (Å²) >= 11 is 5.95. The monoisotopic (exact) mass is 341 g/mol. The number of benzene rings is 2. The fraction of sp³-hybridized carbons (Fsp3) is 0.111. The number of carbonyl (C=O) groups is 1. The number of carbonyl (C=O) groups excluding carboxylic acids is 1. The molecule has 0 aliphatic carbocycles. The second-order valence-corrected chi connectivity index (χ2v) is 5.42. The van der Waals surface area contributed by atoms with Crippen molar-refractivity contribution in [2.75, 3.05) is 17.7 Å². The SMILES string of the molecule is COc1ccc(Cl)cc1N/C=C(/C#N)C(=O)Nc1cccc(C)c1. The third-order valence-corrected chi connectivity index (χ3v) is 3.41. The van der Waals surface area contributed by atoms with Gasteiger partial charge in [0.2, 0.25) is 0 Å². The molecule has 122 valence electrons. The third-order valence-electron chi connectivity index (χ3n) is 3.17. The number of ether oxygens (including phenoxy) is 1. The number of halogens is 1. The number of nitrogens with one attached hydrogen (secondary N) is 2. The Morgan fingerprint density at radius 3 is 2.75 bits per heavy atom. The molecule has 5 nitrogen and oxygen atoms in total. The van der Waals surface area contributed by atoms with Crippen LogP contribution in [0, 0.1) is 18.3 Å². The Labute approximate surface area is 145 Å². The summed E-state index contributed by atoms with van der Waals surface area (Å²) < 4.78 is 5.20. The third kappa shape index (κ3) is 4.51. The molecule has 0 aliphatic heterocycles. The van der Waals surface area contributed by atoms with E-state index >= 15 is 0 Å². The first-order valence-electron chi connectivity index (χ1n) is 7.12. The highest BCUT2D eigenvalue weighted by Crippen LogP contribution is 2.27. The molecular weight excluding hydrogens is 326 g/mol. The van der Waals surface area contributed by atoms with E-state index in [0.717, 1.165) is 5.56 Å². The molecule has 0 spiro atoms. The molecule has 0 heterocycles. The minimum atomic E-state index is -0.503. The van der Waals surface area contributed by atoms with E-state index in [1.54, 1.807) is 24.3 Å². The van der Waals surface area contributed by atoms with Crippen LogP contribution in [0.25, 0.3) is 0 Å². The summed E-state index contributed by atoms with van der Waals surface area (Å²) in [4.78, 5) is 12.2. The minimum Gasteiger partial charge on any atom is -0.495 e. The summed E-state index contributed by atoms with van der Waals surface area (Å²) in [5.74, 6) is 0.0450. The van der Waals surface area contributed by atoms with Crippen molar-refractivity contribution in [2.45, 2.75) is 6.92 Å². The highest BCUT2D eigenvalue weighted by molar-refractivity contribution is 6.31.